The van der Waals surface area contributed by atoms with E-state index in [1.54, 1.807) is 12.1 Å². The molecule has 0 atom stereocenters. The Balaban J connectivity index is 1.64. The molecule has 2 aromatic rings. The first-order valence-corrected chi connectivity index (χ1v) is 6.35. The minimum Gasteiger partial charge on any atom is -0.454 e. The number of ether oxygens (including phenoxy) is 2. The summed E-state index contributed by atoms with van der Waals surface area (Å²) < 4.78 is 23.2. The first-order chi connectivity index (χ1) is 10.2. The normalized spacial score (nSPS) is 12.6. The molecule has 0 unspecified atom stereocenters. The predicted molar refractivity (Wildman–Crippen MR) is 76.1 cm³/mol. The van der Waals surface area contributed by atoms with Crippen LogP contribution in [0.1, 0.15) is 10.4 Å². The zero-order valence-electron chi connectivity index (χ0n) is 11.0. The quantitative estimate of drug-likeness (QED) is 0.691. The molecule has 0 fully saturated rings. The molecule has 4 nitrogen and oxygen atoms in total. The van der Waals surface area contributed by atoms with E-state index in [9.17, 15) is 9.18 Å². The van der Waals surface area contributed by atoms with E-state index in [0.717, 1.165) is 5.69 Å². The summed E-state index contributed by atoms with van der Waals surface area (Å²) in [6.07, 6.45) is 2.92. The van der Waals surface area contributed by atoms with Crippen molar-refractivity contribution in [3.05, 3.63) is 66.1 Å². The van der Waals surface area contributed by atoms with E-state index in [-0.39, 0.29) is 18.4 Å². The van der Waals surface area contributed by atoms with Gasteiger partial charge in [0.25, 0.3) is 0 Å². The van der Waals surface area contributed by atoms with Crippen molar-refractivity contribution in [1.82, 2.24) is 0 Å². The molecule has 0 spiro atoms. The molecule has 0 saturated heterocycles. The Morgan fingerprint density at radius 2 is 1.86 bits per heavy atom. The minimum atomic E-state index is -0.367. The summed E-state index contributed by atoms with van der Waals surface area (Å²) in [5, 5.41) is 2.98. The van der Waals surface area contributed by atoms with Gasteiger partial charge in [0.1, 0.15) is 5.82 Å². The molecule has 0 amide bonds. The second kappa shape index (κ2) is 5.66. The standard InChI is InChI=1S/C16H12FNO3/c17-12-3-1-11(2-4-12)14(19)7-8-18-13-5-6-15-16(9-13)21-10-20-15/h1-9,18H,10H2/b8-7-. The van der Waals surface area contributed by atoms with Crippen LogP contribution >= 0.6 is 0 Å². The van der Waals surface area contributed by atoms with Crippen LogP contribution < -0.4 is 14.8 Å². The van der Waals surface area contributed by atoms with Gasteiger partial charge in [0.2, 0.25) is 6.79 Å². The van der Waals surface area contributed by atoms with E-state index >= 15 is 0 Å². The van der Waals surface area contributed by atoms with Crippen molar-refractivity contribution in [2.45, 2.75) is 0 Å². The highest BCUT2D eigenvalue weighted by Gasteiger charge is 2.12. The molecule has 0 bridgehead atoms. The topological polar surface area (TPSA) is 47.6 Å². The highest BCUT2D eigenvalue weighted by atomic mass is 19.1. The number of carbonyl (C=O) groups is 1. The van der Waals surface area contributed by atoms with Crippen LogP contribution in [0.5, 0.6) is 11.5 Å². The molecule has 1 heterocycles. The summed E-state index contributed by atoms with van der Waals surface area (Å²) in [5.74, 6) is 0.794. The van der Waals surface area contributed by atoms with Gasteiger partial charge in [-0.1, -0.05) is 0 Å². The van der Waals surface area contributed by atoms with Crippen LogP contribution in [0.4, 0.5) is 10.1 Å². The second-order valence-corrected chi connectivity index (χ2v) is 4.42. The fourth-order valence-corrected chi connectivity index (χ4v) is 1.91. The zero-order chi connectivity index (χ0) is 14.7. The fraction of sp³-hybridized carbons (Fsp3) is 0.0625. The number of allylic oxidation sites excluding steroid dienone is 1. The van der Waals surface area contributed by atoms with Gasteiger partial charge in [0.05, 0.1) is 0 Å². The monoisotopic (exact) mass is 285 g/mol. The Labute approximate surface area is 120 Å². The summed E-state index contributed by atoms with van der Waals surface area (Å²) in [6, 6.07) is 10.8. The Kier molecular flexibility index (Phi) is 3.55. The number of carbonyl (C=O) groups excluding carboxylic acids is 1. The number of hydrogen-bond donors (Lipinski definition) is 1. The number of nitrogens with one attached hydrogen (secondary N) is 1. The molecule has 21 heavy (non-hydrogen) atoms. The van der Waals surface area contributed by atoms with Crippen LogP contribution in [0.2, 0.25) is 0 Å². The average molecular weight is 285 g/mol. The third kappa shape index (κ3) is 3.02. The maximum Gasteiger partial charge on any atom is 0.231 e. The van der Waals surface area contributed by atoms with Gasteiger partial charge in [-0.05, 0) is 36.4 Å². The number of halogens is 1. The van der Waals surface area contributed by atoms with E-state index in [1.807, 2.05) is 6.07 Å². The first-order valence-electron chi connectivity index (χ1n) is 6.35. The lowest BCUT2D eigenvalue weighted by Gasteiger charge is -2.02. The highest BCUT2D eigenvalue weighted by Crippen LogP contribution is 2.34. The van der Waals surface area contributed by atoms with Crippen LogP contribution in [0.3, 0.4) is 0 Å². The predicted octanol–water partition coefficient (Wildman–Crippen LogP) is 3.36. The maximum atomic E-state index is 12.8. The number of benzene rings is 2. The fourth-order valence-electron chi connectivity index (χ4n) is 1.91. The molecule has 0 saturated carbocycles. The summed E-state index contributed by atoms with van der Waals surface area (Å²) >= 11 is 0. The number of anilines is 1. The van der Waals surface area contributed by atoms with Gasteiger partial charge in [-0.15, -0.1) is 0 Å². The van der Waals surface area contributed by atoms with E-state index in [2.05, 4.69) is 5.32 Å². The largest absolute Gasteiger partial charge is 0.454 e. The minimum absolute atomic E-state index is 0.205. The molecule has 0 radical (unpaired) electrons. The van der Waals surface area contributed by atoms with Gasteiger partial charge in [-0.25, -0.2) is 4.39 Å². The van der Waals surface area contributed by atoms with Crippen LogP contribution in [0.25, 0.3) is 0 Å². The zero-order valence-corrected chi connectivity index (χ0v) is 11.0. The van der Waals surface area contributed by atoms with Crippen LogP contribution in [0, 0.1) is 5.82 Å². The van der Waals surface area contributed by atoms with Crippen molar-refractivity contribution in [3.8, 4) is 11.5 Å². The highest BCUT2D eigenvalue weighted by molar-refractivity contribution is 6.04. The summed E-state index contributed by atoms with van der Waals surface area (Å²) in [6.45, 7) is 0.220. The lowest BCUT2D eigenvalue weighted by atomic mass is 10.1. The van der Waals surface area contributed by atoms with Crippen molar-refractivity contribution in [1.29, 1.82) is 0 Å². The van der Waals surface area contributed by atoms with E-state index in [1.165, 1.54) is 36.5 Å². The van der Waals surface area contributed by atoms with Crippen molar-refractivity contribution in [2.24, 2.45) is 0 Å². The third-order valence-corrected chi connectivity index (χ3v) is 2.99. The second-order valence-electron chi connectivity index (χ2n) is 4.42. The van der Waals surface area contributed by atoms with Crippen molar-refractivity contribution in [3.63, 3.8) is 0 Å². The third-order valence-electron chi connectivity index (χ3n) is 2.99. The van der Waals surface area contributed by atoms with Gasteiger partial charge in [-0.3, -0.25) is 4.79 Å². The number of ketones is 1. The molecule has 1 aliphatic rings. The van der Waals surface area contributed by atoms with Crippen molar-refractivity contribution < 1.29 is 18.7 Å². The van der Waals surface area contributed by atoms with Gasteiger partial charge >= 0.3 is 0 Å². The summed E-state index contributed by atoms with van der Waals surface area (Å²) in [4.78, 5) is 11.8. The molecule has 3 rings (SSSR count). The van der Waals surface area contributed by atoms with Crippen molar-refractivity contribution >= 4 is 11.5 Å². The Morgan fingerprint density at radius 3 is 2.67 bits per heavy atom. The number of fused-ring (bicyclic) bond motifs is 1. The lowest BCUT2D eigenvalue weighted by Crippen LogP contribution is -1.96. The average Bonchev–Trinajstić information content (AvgIpc) is 2.95. The van der Waals surface area contributed by atoms with Crippen molar-refractivity contribution in [2.75, 3.05) is 12.1 Å². The number of rotatable bonds is 4. The van der Waals surface area contributed by atoms with E-state index in [4.69, 9.17) is 9.47 Å². The number of hydrogen-bond acceptors (Lipinski definition) is 4. The SMILES string of the molecule is O=C(/C=C\Nc1ccc2c(c1)OCO2)c1ccc(F)cc1. The van der Waals surface area contributed by atoms with E-state index < -0.39 is 0 Å². The summed E-state index contributed by atoms with van der Waals surface area (Å²) in [7, 11) is 0. The van der Waals surface area contributed by atoms with E-state index in [0.29, 0.717) is 17.1 Å². The lowest BCUT2D eigenvalue weighted by molar-refractivity contribution is 0.104. The Hall–Kier alpha value is -2.82. The first kappa shape index (κ1) is 13.2. The van der Waals surface area contributed by atoms with Crippen LogP contribution in [-0.4, -0.2) is 12.6 Å². The molecule has 5 heteroatoms. The molecule has 0 aliphatic carbocycles. The van der Waals surface area contributed by atoms with Crippen LogP contribution in [0.15, 0.2) is 54.7 Å². The smallest absolute Gasteiger partial charge is 0.231 e. The van der Waals surface area contributed by atoms with Gasteiger partial charge in [0, 0.05) is 29.6 Å². The molecule has 1 aliphatic heterocycles. The van der Waals surface area contributed by atoms with Crippen LogP contribution in [-0.2, 0) is 0 Å². The Morgan fingerprint density at radius 1 is 1.10 bits per heavy atom. The molecular weight excluding hydrogens is 273 g/mol. The molecule has 1 N–H and O–H groups in total. The Bertz CT molecular complexity index is 695. The molecule has 0 aromatic heterocycles. The van der Waals surface area contributed by atoms with Gasteiger partial charge < -0.3 is 14.8 Å². The molecule has 2 aromatic carbocycles. The molecular formula is C16H12FNO3. The summed E-state index contributed by atoms with van der Waals surface area (Å²) in [5.41, 5.74) is 1.21. The van der Waals surface area contributed by atoms with Gasteiger partial charge in [-0.2, -0.15) is 0 Å². The van der Waals surface area contributed by atoms with Gasteiger partial charge in [0.15, 0.2) is 17.3 Å². The molecule has 106 valence electrons. The maximum absolute atomic E-state index is 12.8.